The molecule has 140 valence electrons. The van der Waals surface area contributed by atoms with Crippen molar-refractivity contribution in [1.29, 1.82) is 0 Å². The van der Waals surface area contributed by atoms with E-state index in [0.29, 0.717) is 21.9 Å². The third-order valence-corrected chi connectivity index (χ3v) is 7.44. The van der Waals surface area contributed by atoms with Gasteiger partial charge in [-0.25, -0.2) is 4.79 Å². The van der Waals surface area contributed by atoms with Crippen molar-refractivity contribution in [2.24, 2.45) is 0 Å². The van der Waals surface area contributed by atoms with E-state index in [2.05, 4.69) is 14.1 Å². The Bertz CT molecular complexity index is 737. The highest BCUT2D eigenvalue weighted by molar-refractivity contribution is 7.12. The highest BCUT2D eigenvalue weighted by Crippen LogP contribution is 2.42. The molecule has 26 heavy (non-hydrogen) atoms. The van der Waals surface area contributed by atoms with Gasteiger partial charge in [-0.3, -0.25) is 0 Å². The van der Waals surface area contributed by atoms with E-state index in [1.165, 1.54) is 22.7 Å². The molecular formula is C19H24NO4S2+. The lowest BCUT2D eigenvalue weighted by Crippen LogP contribution is -2.50. The summed E-state index contributed by atoms with van der Waals surface area (Å²) in [5.41, 5.74) is -1.74. The number of ether oxygens (including phenoxy) is 2. The molecule has 2 aromatic heterocycles. The maximum absolute atomic E-state index is 13.0. The molecule has 0 bridgehead atoms. The molecular weight excluding hydrogens is 370 g/mol. The van der Waals surface area contributed by atoms with Crippen LogP contribution in [0.15, 0.2) is 35.0 Å². The van der Waals surface area contributed by atoms with Gasteiger partial charge in [0.05, 0.1) is 23.8 Å². The molecule has 4 rings (SSSR count). The largest absolute Gasteiger partial charge is 0.460 e. The smallest absolute Gasteiger partial charge is 0.349 e. The van der Waals surface area contributed by atoms with Crippen molar-refractivity contribution in [3.63, 3.8) is 0 Å². The second kappa shape index (κ2) is 6.42. The maximum atomic E-state index is 13.0. The number of thiophene rings is 2. The van der Waals surface area contributed by atoms with Gasteiger partial charge in [0.15, 0.2) is 0 Å². The Kier molecular flexibility index (Phi) is 4.48. The lowest BCUT2D eigenvalue weighted by Gasteiger charge is -2.35. The number of morpholine rings is 1. The summed E-state index contributed by atoms with van der Waals surface area (Å²) in [5, 5.41) is 15.0. The molecule has 0 saturated carbocycles. The first kappa shape index (κ1) is 18.1. The van der Waals surface area contributed by atoms with Crippen LogP contribution in [-0.2, 0) is 19.9 Å². The van der Waals surface area contributed by atoms with E-state index in [4.69, 9.17) is 9.47 Å². The normalized spacial score (nSPS) is 27.8. The zero-order valence-electron chi connectivity index (χ0n) is 15.1. The van der Waals surface area contributed by atoms with Crippen LogP contribution in [0.4, 0.5) is 0 Å². The summed E-state index contributed by atoms with van der Waals surface area (Å²) in [5.74, 6) is -0.605. The summed E-state index contributed by atoms with van der Waals surface area (Å²) in [6.45, 7) is 2.90. The highest BCUT2D eigenvalue weighted by atomic mass is 32.1. The zero-order valence-corrected chi connectivity index (χ0v) is 16.8. The number of quaternary nitrogens is 1. The van der Waals surface area contributed by atoms with Crippen molar-refractivity contribution in [1.82, 2.24) is 0 Å². The number of esters is 1. The lowest BCUT2D eigenvalue weighted by atomic mass is 9.99. The molecule has 0 amide bonds. The summed E-state index contributed by atoms with van der Waals surface area (Å²) in [6, 6.07) is 7.53. The quantitative estimate of drug-likeness (QED) is 0.465. The number of rotatable bonds is 6. The Morgan fingerprint density at radius 3 is 2.42 bits per heavy atom. The number of carbonyl (C=O) groups excluding carboxylic acids is 1. The monoisotopic (exact) mass is 394 g/mol. The van der Waals surface area contributed by atoms with Crippen LogP contribution in [0.5, 0.6) is 0 Å². The van der Waals surface area contributed by atoms with E-state index in [0.717, 1.165) is 17.4 Å². The molecule has 1 N–H and O–H groups in total. The standard InChI is InChI=1S/C19H24NO4S2/c1-12(10-13-17-14(24-17)11-20(13,2)3)23-18(21)19(22,15-6-4-8-25-15)16-7-5-9-26-16/h4-9,12-14,17,22H,10-11H2,1-3H3/q+1/t12-,13?,14-,17?/m1/s1. The zero-order chi connectivity index (χ0) is 18.5. The third-order valence-electron chi connectivity index (χ3n) is 5.48. The lowest BCUT2D eigenvalue weighted by molar-refractivity contribution is -0.909. The van der Waals surface area contributed by atoms with Crippen molar-refractivity contribution in [2.45, 2.75) is 43.3 Å². The molecule has 7 heteroatoms. The number of aliphatic hydroxyl groups is 1. The number of hydrogen-bond acceptors (Lipinski definition) is 6. The molecule has 0 aromatic carbocycles. The Balaban J connectivity index is 1.50. The van der Waals surface area contributed by atoms with Crippen molar-refractivity contribution in [3.05, 3.63) is 44.8 Å². The molecule has 2 saturated heterocycles. The fourth-order valence-corrected chi connectivity index (χ4v) is 5.72. The second-order valence-electron chi connectivity index (χ2n) is 7.78. The van der Waals surface area contributed by atoms with Crippen molar-refractivity contribution >= 4 is 28.6 Å². The van der Waals surface area contributed by atoms with Gasteiger partial charge in [0.25, 0.3) is 0 Å². The van der Waals surface area contributed by atoms with Gasteiger partial charge in [-0.1, -0.05) is 12.1 Å². The van der Waals surface area contributed by atoms with Crippen LogP contribution < -0.4 is 0 Å². The Labute approximate surface area is 161 Å². The predicted octanol–water partition coefficient (Wildman–Crippen LogP) is 2.59. The van der Waals surface area contributed by atoms with E-state index in [-0.39, 0.29) is 12.2 Å². The number of hydrogen-bond donors (Lipinski definition) is 1. The molecule has 2 aliphatic heterocycles. The summed E-state index contributed by atoms with van der Waals surface area (Å²) in [7, 11) is 4.39. The topological polar surface area (TPSA) is 59.1 Å². The molecule has 2 aliphatic rings. The van der Waals surface area contributed by atoms with Gasteiger partial charge in [-0.05, 0) is 29.8 Å². The van der Waals surface area contributed by atoms with Gasteiger partial charge in [0.1, 0.15) is 30.9 Å². The minimum atomic E-state index is -1.74. The Hall–Kier alpha value is -1.25. The fourth-order valence-electron chi connectivity index (χ4n) is 4.01. The molecule has 0 radical (unpaired) electrons. The maximum Gasteiger partial charge on any atom is 0.349 e. The van der Waals surface area contributed by atoms with Gasteiger partial charge in [0, 0.05) is 6.42 Å². The first-order valence-electron chi connectivity index (χ1n) is 8.82. The molecule has 2 unspecified atom stereocenters. The van der Waals surface area contributed by atoms with Crippen LogP contribution >= 0.6 is 22.7 Å². The van der Waals surface area contributed by atoms with E-state index >= 15 is 0 Å². The number of likely N-dealkylation sites (N-methyl/N-ethyl adjacent to an activating group) is 1. The van der Waals surface area contributed by atoms with E-state index < -0.39 is 11.6 Å². The van der Waals surface area contributed by atoms with Gasteiger partial charge in [0.2, 0.25) is 5.60 Å². The van der Waals surface area contributed by atoms with Crippen LogP contribution in [0, 0.1) is 0 Å². The van der Waals surface area contributed by atoms with E-state index in [9.17, 15) is 9.90 Å². The van der Waals surface area contributed by atoms with Crippen molar-refractivity contribution in [2.75, 3.05) is 20.6 Å². The van der Waals surface area contributed by atoms with Crippen LogP contribution in [0.25, 0.3) is 0 Å². The van der Waals surface area contributed by atoms with Crippen LogP contribution in [0.3, 0.4) is 0 Å². The third kappa shape index (κ3) is 3.01. The Morgan fingerprint density at radius 2 is 1.96 bits per heavy atom. The SMILES string of the molecule is C[C@H](CC1C2O[C@@H]2C[N+]1(C)C)OC(=O)C(O)(c1cccs1)c1cccs1. The summed E-state index contributed by atoms with van der Waals surface area (Å²) >= 11 is 2.71. The van der Waals surface area contributed by atoms with Gasteiger partial charge in [-0.2, -0.15) is 0 Å². The molecule has 0 aliphatic carbocycles. The average molecular weight is 395 g/mol. The summed E-state index contributed by atoms with van der Waals surface area (Å²) in [6.07, 6.45) is 1.07. The number of likely N-dealkylation sites (tertiary alicyclic amines) is 1. The Morgan fingerprint density at radius 1 is 1.35 bits per heavy atom. The van der Waals surface area contributed by atoms with Gasteiger partial charge in [-0.15, -0.1) is 22.7 Å². The number of fused-ring (bicyclic) bond motifs is 1. The first-order valence-corrected chi connectivity index (χ1v) is 10.6. The average Bonchev–Trinajstić information content (AvgIpc) is 3.06. The minimum Gasteiger partial charge on any atom is -0.460 e. The van der Waals surface area contributed by atoms with Crippen molar-refractivity contribution < 1.29 is 23.9 Å². The molecule has 2 fully saturated rings. The highest BCUT2D eigenvalue weighted by Gasteiger charge is 2.61. The summed E-state index contributed by atoms with van der Waals surface area (Å²) < 4.78 is 12.3. The molecule has 4 atom stereocenters. The molecule has 2 aromatic rings. The van der Waals surface area contributed by atoms with E-state index in [1.807, 2.05) is 29.8 Å². The van der Waals surface area contributed by atoms with E-state index in [1.54, 1.807) is 12.1 Å². The number of nitrogens with zero attached hydrogens (tertiary/aromatic N) is 1. The number of carbonyl (C=O) groups is 1. The second-order valence-corrected chi connectivity index (χ2v) is 9.68. The molecule has 4 heterocycles. The predicted molar refractivity (Wildman–Crippen MR) is 101 cm³/mol. The fraction of sp³-hybridized carbons (Fsp3) is 0.526. The van der Waals surface area contributed by atoms with Crippen LogP contribution in [0.1, 0.15) is 23.1 Å². The summed E-state index contributed by atoms with van der Waals surface area (Å²) in [4.78, 5) is 14.2. The van der Waals surface area contributed by atoms with Crippen molar-refractivity contribution in [3.8, 4) is 0 Å². The number of epoxide rings is 1. The van der Waals surface area contributed by atoms with Crippen LogP contribution in [-0.4, -0.2) is 60.6 Å². The van der Waals surface area contributed by atoms with Crippen LogP contribution in [0.2, 0.25) is 0 Å². The first-order chi connectivity index (χ1) is 12.3. The van der Waals surface area contributed by atoms with Gasteiger partial charge < -0.3 is 19.1 Å². The molecule has 5 nitrogen and oxygen atoms in total. The molecule has 0 spiro atoms. The minimum absolute atomic E-state index is 0.277. The van der Waals surface area contributed by atoms with Gasteiger partial charge >= 0.3 is 5.97 Å².